The lowest BCUT2D eigenvalue weighted by molar-refractivity contribution is -0.156. The van der Waals surface area contributed by atoms with E-state index in [4.69, 9.17) is 23.2 Å². The third kappa shape index (κ3) is 4.30. The van der Waals surface area contributed by atoms with Crippen LogP contribution in [0.3, 0.4) is 0 Å². The molecular formula is C24H26Cl2N2O2. The fourth-order valence-electron chi connectivity index (χ4n) is 4.47. The molecule has 2 aromatic rings. The second kappa shape index (κ2) is 9.32. The van der Waals surface area contributed by atoms with Crippen LogP contribution in [-0.4, -0.2) is 28.1 Å². The molecule has 0 bridgehead atoms. The number of benzene rings is 1. The third-order valence-corrected chi connectivity index (χ3v) is 6.42. The zero-order valence-electron chi connectivity index (χ0n) is 17.2. The summed E-state index contributed by atoms with van der Waals surface area (Å²) in [5.74, 6) is -0.143. The molecule has 0 aliphatic carbocycles. The Bertz CT molecular complexity index is 931. The van der Waals surface area contributed by atoms with Gasteiger partial charge in [0.2, 0.25) is 5.91 Å². The number of allylic oxidation sites excluding steroid dienone is 1. The van der Waals surface area contributed by atoms with Crippen molar-refractivity contribution in [3.8, 4) is 0 Å². The number of hydrogen-bond acceptors (Lipinski definition) is 3. The number of amides is 1. The number of nitrogens with zero attached hydrogens (tertiary/aromatic N) is 2. The van der Waals surface area contributed by atoms with Crippen molar-refractivity contribution < 1.29 is 9.59 Å². The molecule has 2 heterocycles. The summed E-state index contributed by atoms with van der Waals surface area (Å²) in [7, 11) is 0. The monoisotopic (exact) mass is 444 g/mol. The number of piperidine rings is 1. The van der Waals surface area contributed by atoms with E-state index in [2.05, 4.69) is 11.6 Å². The van der Waals surface area contributed by atoms with E-state index in [1.165, 1.54) is 0 Å². The van der Waals surface area contributed by atoms with Crippen molar-refractivity contribution in [1.29, 1.82) is 0 Å². The summed E-state index contributed by atoms with van der Waals surface area (Å²) in [5, 5.41) is 1.15. The van der Waals surface area contributed by atoms with Gasteiger partial charge in [-0.15, -0.1) is 6.58 Å². The number of carbonyl (C=O) groups is 2. The van der Waals surface area contributed by atoms with Gasteiger partial charge in [-0.05, 0) is 49.1 Å². The van der Waals surface area contributed by atoms with E-state index in [1.54, 1.807) is 23.2 Å². The van der Waals surface area contributed by atoms with Crippen LogP contribution < -0.4 is 0 Å². The first-order valence-corrected chi connectivity index (χ1v) is 10.9. The van der Waals surface area contributed by atoms with E-state index >= 15 is 0 Å². The summed E-state index contributed by atoms with van der Waals surface area (Å²) < 4.78 is 0. The molecule has 1 aliphatic heterocycles. The van der Waals surface area contributed by atoms with Crippen LogP contribution in [-0.2, 0) is 9.59 Å². The third-order valence-electron chi connectivity index (χ3n) is 5.96. The Balaban J connectivity index is 2.23. The van der Waals surface area contributed by atoms with Crippen molar-refractivity contribution in [2.75, 3.05) is 0 Å². The van der Waals surface area contributed by atoms with Crippen molar-refractivity contribution in [2.45, 2.75) is 51.1 Å². The van der Waals surface area contributed by atoms with Crippen LogP contribution in [0.1, 0.15) is 56.3 Å². The number of likely N-dealkylation sites (tertiary alicyclic amines) is 1. The molecule has 0 spiro atoms. The molecule has 158 valence electrons. The number of pyridine rings is 1. The first-order chi connectivity index (χ1) is 14.3. The van der Waals surface area contributed by atoms with Crippen molar-refractivity contribution in [2.24, 2.45) is 5.41 Å². The lowest BCUT2D eigenvalue weighted by atomic mass is 9.67. The summed E-state index contributed by atoms with van der Waals surface area (Å²) in [6, 6.07) is 10.3. The number of aldehydes is 1. The molecule has 1 aromatic heterocycles. The number of aromatic nitrogens is 1. The SMILES string of the molecule is C=CC[C@@]1(C)C[C@H](c2cccc(Cl)c2)[C@@H](c2ccc(Cl)cn2)N(C(C=O)CC)C1=O. The standard InChI is InChI=1S/C24H26Cl2N2O2/c1-4-11-24(3)13-20(16-7-6-8-17(25)12-16)22(21-10-9-18(26)14-27-21)28(23(24)30)19(5-2)15-29/h4,6-10,12,14-15,19-20,22H,1,5,11,13H2,2-3H3/t19?,20-,22+,24+/m1/s1. The van der Waals surface area contributed by atoms with E-state index < -0.39 is 17.5 Å². The lowest BCUT2D eigenvalue weighted by Gasteiger charge is -2.50. The molecule has 0 radical (unpaired) electrons. The molecule has 1 aliphatic rings. The lowest BCUT2D eigenvalue weighted by Crippen LogP contribution is -2.56. The Morgan fingerprint density at radius 1 is 1.30 bits per heavy atom. The summed E-state index contributed by atoms with van der Waals surface area (Å²) in [6.07, 6.45) is 5.84. The molecule has 30 heavy (non-hydrogen) atoms. The summed E-state index contributed by atoms with van der Waals surface area (Å²) in [5.41, 5.74) is 1.05. The van der Waals surface area contributed by atoms with Gasteiger partial charge < -0.3 is 9.69 Å². The van der Waals surface area contributed by atoms with E-state index in [0.29, 0.717) is 35.0 Å². The van der Waals surface area contributed by atoms with Gasteiger partial charge in [-0.25, -0.2) is 0 Å². The topological polar surface area (TPSA) is 50.3 Å². The average Bonchev–Trinajstić information content (AvgIpc) is 2.73. The Hall–Kier alpha value is -2.17. The summed E-state index contributed by atoms with van der Waals surface area (Å²) >= 11 is 12.4. The minimum absolute atomic E-state index is 0.0543. The molecule has 1 unspecified atom stereocenters. The van der Waals surface area contributed by atoms with Gasteiger partial charge in [-0.3, -0.25) is 9.78 Å². The smallest absolute Gasteiger partial charge is 0.230 e. The number of halogens is 2. The molecule has 1 amide bonds. The number of carbonyl (C=O) groups excluding carboxylic acids is 2. The summed E-state index contributed by atoms with van der Waals surface area (Å²) in [4.78, 5) is 32.0. The molecule has 0 N–H and O–H groups in total. The predicted molar refractivity (Wildman–Crippen MR) is 121 cm³/mol. The highest BCUT2D eigenvalue weighted by atomic mass is 35.5. The molecule has 0 saturated carbocycles. The van der Waals surface area contributed by atoms with Crippen LogP contribution >= 0.6 is 23.2 Å². The van der Waals surface area contributed by atoms with E-state index in [0.717, 1.165) is 11.8 Å². The molecule has 4 atom stereocenters. The normalized spacial score (nSPS) is 25.1. The van der Waals surface area contributed by atoms with Gasteiger partial charge in [0, 0.05) is 17.1 Å². The zero-order valence-corrected chi connectivity index (χ0v) is 18.7. The average molecular weight is 445 g/mol. The molecule has 1 saturated heterocycles. The first kappa shape index (κ1) is 22.5. The fraction of sp³-hybridized carbons (Fsp3) is 0.375. The molecule has 1 aromatic carbocycles. The van der Waals surface area contributed by atoms with Crippen LogP contribution in [0.15, 0.2) is 55.3 Å². The van der Waals surface area contributed by atoms with E-state index in [-0.39, 0.29) is 11.8 Å². The van der Waals surface area contributed by atoms with Crippen molar-refractivity contribution in [3.05, 3.63) is 76.6 Å². The van der Waals surface area contributed by atoms with Gasteiger partial charge in [-0.1, -0.05) is 55.3 Å². The maximum Gasteiger partial charge on any atom is 0.230 e. The number of rotatable bonds is 7. The molecule has 3 rings (SSSR count). The van der Waals surface area contributed by atoms with Gasteiger partial charge in [0.05, 0.1) is 28.2 Å². The minimum Gasteiger partial charge on any atom is -0.323 e. The quantitative estimate of drug-likeness (QED) is 0.388. The first-order valence-electron chi connectivity index (χ1n) is 10.1. The minimum atomic E-state index is -0.673. The van der Waals surface area contributed by atoms with Crippen LogP contribution in [0.2, 0.25) is 10.0 Å². The number of hydrogen-bond donors (Lipinski definition) is 0. The van der Waals surface area contributed by atoms with Crippen molar-refractivity contribution in [1.82, 2.24) is 9.88 Å². The molecule has 1 fully saturated rings. The Morgan fingerprint density at radius 3 is 2.63 bits per heavy atom. The Morgan fingerprint density at radius 2 is 2.07 bits per heavy atom. The second-order valence-corrected chi connectivity index (χ2v) is 8.96. The Kier molecular flexibility index (Phi) is 6.99. The highest BCUT2D eigenvalue weighted by Gasteiger charge is 2.51. The highest BCUT2D eigenvalue weighted by Crippen LogP contribution is 2.51. The predicted octanol–water partition coefficient (Wildman–Crippen LogP) is 6.01. The van der Waals surface area contributed by atoms with Crippen LogP contribution in [0.4, 0.5) is 0 Å². The molecular weight excluding hydrogens is 419 g/mol. The molecule has 4 nitrogen and oxygen atoms in total. The van der Waals surface area contributed by atoms with E-state index in [9.17, 15) is 9.59 Å². The van der Waals surface area contributed by atoms with Crippen molar-refractivity contribution >= 4 is 35.4 Å². The maximum absolute atomic E-state index is 13.7. The largest absolute Gasteiger partial charge is 0.323 e. The maximum atomic E-state index is 13.7. The van der Waals surface area contributed by atoms with Crippen LogP contribution in [0.25, 0.3) is 0 Å². The van der Waals surface area contributed by atoms with Gasteiger partial charge >= 0.3 is 0 Å². The fourth-order valence-corrected chi connectivity index (χ4v) is 4.78. The highest BCUT2D eigenvalue weighted by molar-refractivity contribution is 6.30. The van der Waals surface area contributed by atoms with E-state index in [1.807, 2.05) is 44.2 Å². The van der Waals surface area contributed by atoms with Crippen LogP contribution in [0.5, 0.6) is 0 Å². The molecule has 6 heteroatoms. The van der Waals surface area contributed by atoms with Gasteiger partial charge in [0.25, 0.3) is 0 Å². The van der Waals surface area contributed by atoms with Crippen LogP contribution in [0, 0.1) is 5.41 Å². The van der Waals surface area contributed by atoms with Crippen molar-refractivity contribution in [3.63, 3.8) is 0 Å². The van der Waals surface area contributed by atoms with Gasteiger partial charge in [-0.2, -0.15) is 0 Å². The van der Waals surface area contributed by atoms with Gasteiger partial charge in [0.15, 0.2) is 0 Å². The zero-order chi connectivity index (χ0) is 21.9. The second-order valence-electron chi connectivity index (χ2n) is 8.09. The van der Waals surface area contributed by atoms with Gasteiger partial charge in [0.1, 0.15) is 6.29 Å². The summed E-state index contributed by atoms with van der Waals surface area (Å²) in [6.45, 7) is 7.71. The Labute approximate surface area is 187 Å².